The van der Waals surface area contributed by atoms with Crippen molar-refractivity contribution in [1.29, 1.82) is 0 Å². The van der Waals surface area contributed by atoms with E-state index in [9.17, 15) is 14.0 Å². The van der Waals surface area contributed by atoms with Crippen LogP contribution in [0.15, 0.2) is 66.7 Å². The van der Waals surface area contributed by atoms with Crippen molar-refractivity contribution in [1.82, 2.24) is 9.80 Å². The first-order valence-corrected chi connectivity index (χ1v) is 12.6. The van der Waals surface area contributed by atoms with Crippen molar-refractivity contribution >= 4 is 23.2 Å². The van der Waals surface area contributed by atoms with E-state index in [1.165, 1.54) is 17.0 Å². The summed E-state index contributed by atoms with van der Waals surface area (Å²) in [6.45, 7) is 6.91. The van der Waals surface area contributed by atoms with Crippen LogP contribution in [0.5, 0.6) is 0 Å². The van der Waals surface area contributed by atoms with E-state index in [0.29, 0.717) is 25.9 Å². The molecule has 0 bridgehead atoms. The van der Waals surface area contributed by atoms with Gasteiger partial charge in [0.05, 0.1) is 6.54 Å². The second-order valence-corrected chi connectivity index (χ2v) is 10.0. The molecular weight excluding hydrogens is 447 g/mol. The summed E-state index contributed by atoms with van der Waals surface area (Å²) in [4.78, 5) is 32.4. The van der Waals surface area contributed by atoms with Crippen molar-refractivity contribution in [2.24, 2.45) is 0 Å². The Labute approximate surface area is 206 Å². The van der Waals surface area contributed by atoms with Crippen LogP contribution in [0, 0.1) is 12.7 Å². The van der Waals surface area contributed by atoms with Crippen LogP contribution < -0.4 is 0 Å². The summed E-state index contributed by atoms with van der Waals surface area (Å²) in [7, 11) is 0. The molecule has 4 nitrogen and oxygen atoms in total. The fraction of sp³-hybridized carbons (Fsp3) is 0.357. The average molecular weight is 481 g/mol. The van der Waals surface area contributed by atoms with E-state index < -0.39 is 0 Å². The van der Waals surface area contributed by atoms with Crippen molar-refractivity contribution in [3.05, 3.63) is 93.4 Å². The van der Waals surface area contributed by atoms with Crippen LogP contribution in [0.25, 0.3) is 0 Å². The fourth-order valence-electron chi connectivity index (χ4n) is 3.80. The van der Waals surface area contributed by atoms with Gasteiger partial charge >= 0.3 is 0 Å². The zero-order chi connectivity index (χ0) is 24.5. The minimum Gasteiger partial charge on any atom is -0.332 e. The molecular formula is C28H33FN2O2S. The quantitative estimate of drug-likeness (QED) is 0.339. The van der Waals surface area contributed by atoms with Gasteiger partial charge in [0.1, 0.15) is 12.4 Å². The first-order valence-electron chi connectivity index (χ1n) is 11.8. The second kappa shape index (κ2) is 12.5. The van der Waals surface area contributed by atoms with Crippen molar-refractivity contribution < 1.29 is 14.0 Å². The predicted octanol–water partition coefficient (Wildman–Crippen LogP) is 5.98. The van der Waals surface area contributed by atoms with Crippen LogP contribution in [-0.4, -0.2) is 34.2 Å². The zero-order valence-electron chi connectivity index (χ0n) is 20.2. The van der Waals surface area contributed by atoms with E-state index in [1.807, 2.05) is 63.2 Å². The SMILES string of the molecule is CC[C@H](C)N(CC(=O)N(Cc1ccc(F)cc1)Cc1ccc(C)s1)C(=O)CCc1ccccc1. The molecule has 0 fully saturated rings. The Morgan fingerprint density at radius 1 is 0.912 bits per heavy atom. The molecule has 6 heteroatoms. The van der Waals surface area contributed by atoms with Gasteiger partial charge < -0.3 is 9.80 Å². The minimum atomic E-state index is -0.303. The van der Waals surface area contributed by atoms with Gasteiger partial charge in [-0.25, -0.2) is 4.39 Å². The number of thiophene rings is 1. The number of carbonyl (C=O) groups excluding carboxylic acids is 2. The van der Waals surface area contributed by atoms with Gasteiger partial charge in [0.2, 0.25) is 11.8 Å². The van der Waals surface area contributed by atoms with Crippen LogP contribution in [0.2, 0.25) is 0 Å². The van der Waals surface area contributed by atoms with Crippen LogP contribution in [0.1, 0.15) is 47.6 Å². The normalized spacial score (nSPS) is 11.8. The largest absolute Gasteiger partial charge is 0.332 e. The smallest absolute Gasteiger partial charge is 0.242 e. The molecule has 34 heavy (non-hydrogen) atoms. The molecule has 1 heterocycles. The summed E-state index contributed by atoms with van der Waals surface area (Å²) in [5.74, 6) is -0.425. The molecule has 0 unspecified atom stereocenters. The number of carbonyl (C=O) groups is 2. The standard InChI is InChI=1S/C28H33FN2O2S/c1-4-21(2)31(27(32)17-13-23-8-6-5-7-9-23)20-28(33)30(19-26-16-10-22(3)34-26)18-24-11-14-25(29)15-12-24/h5-12,14-16,21H,4,13,17-20H2,1-3H3/t21-/m0/s1. The topological polar surface area (TPSA) is 40.6 Å². The van der Waals surface area contributed by atoms with Crippen LogP contribution in [-0.2, 0) is 29.1 Å². The average Bonchev–Trinajstić information content (AvgIpc) is 3.26. The van der Waals surface area contributed by atoms with Gasteiger partial charge in [0.25, 0.3) is 0 Å². The number of nitrogens with zero attached hydrogens (tertiary/aromatic N) is 2. The Bertz CT molecular complexity index is 1070. The number of halogens is 1. The number of amides is 2. The van der Waals surface area contributed by atoms with Crippen molar-refractivity contribution in [3.8, 4) is 0 Å². The Morgan fingerprint density at radius 2 is 1.62 bits per heavy atom. The molecule has 0 saturated carbocycles. The third-order valence-corrected chi connectivity index (χ3v) is 6.99. The molecule has 1 atom stereocenters. The second-order valence-electron chi connectivity index (χ2n) is 8.65. The first-order chi connectivity index (χ1) is 16.4. The molecule has 2 amide bonds. The summed E-state index contributed by atoms with van der Waals surface area (Å²) in [5.41, 5.74) is 1.96. The van der Waals surface area contributed by atoms with Crippen LogP contribution in [0.3, 0.4) is 0 Å². The molecule has 2 aromatic carbocycles. The number of hydrogen-bond donors (Lipinski definition) is 0. The van der Waals surface area contributed by atoms with Gasteiger partial charge in [0.15, 0.2) is 0 Å². The molecule has 3 rings (SSSR count). The number of hydrogen-bond acceptors (Lipinski definition) is 3. The van der Waals surface area contributed by atoms with Gasteiger partial charge in [-0.2, -0.15) is 0 Å². The summed E-state index contributed by atoms with van der Waals surface area (Å²) in [5, 5.41) is 0. The zero-order valence-corrected chi connectivity index (χ0v) is 21.0. The lowest BCUT2D eigenvalue weighted by atomic mass is 10.1. The molecule has 0 saturated heterocycles. The number of aryl methyl sites for hydroxylation is 2. The summed E-state index contributed by atoms with van der Waals surface area (Å²) in [6.07, 6.45) is 1.78. The summed E-state index contributed by atoms with van der Waals surface area (Å²) < 4.78 is 13.4. The fourth-order valence-corrected chi connectivity index (χ4v) is 4.70. The Balaban J connectivity index is 1.74. The maximum absolute atomic E-state index is 13.5. The van der Waals surface area contributed by atoms with Gasteiger partial charge in [-0.1, -0.05) is 49.4 Å². The van der Waals surface area contributed by atoms with E-state index in [-0.39, 0.29) is 30.2 Å². The van der Waals surface area contributed by atoms with Crippen LogP contribution in [0.4, 0.5) is 4.39 Å². The molecule has 0 spiro atoms. The molecule has 180 valence electrons. The van der Waals surface area contributed by atoms with E-state index >= 15 is 0 Å². The van der Waals surface area contributed by atoms with Crippen molar-refractivity contribution in [2.45, 2.75) is 59.2 Å². The van der Waals surface area contributed by atoms with E-state index in [2.05, 4.69) is 0 Å². The van der Waals surface area contributed by atoms with E-state index in [0.717, 1.165) is 22.4 Å². The Kier molecular flexibility index (Phi) is 9.40. The summed E-state index contributed by atoms with van der Waals surface area (Å²) in [6, 6.07) is 20.2. The Hall–Kier alpha value is -2.99. The van der Waals surface area contributed by atoms with Gasteiger partial charge in [0, 0.05) is 28.8 Å². The molecule has 0 aliphatic carbocycles. The van der Waals surface area contributed by atoms with E-state index in [1.54, 1.807) is 33.3 Å². The number of rotatable bonds is 11. The minimum absolute atomic E-state index is 0.0137. The lowest BCUT2D eigenvalue weighted by molar-refractivity contribution is -0.143. The van der Waals surface area contributed by atoms with Crippen LogP contribution >= 0.6 is 11.3 Å². The van der Waals surface area contributed by atoms with Gasteiger partial charge in [-0.15, -0.1) is 11.3 Å². The van der Waals surface area contributed by atoms with E-state index in [4.69, 9.17) is 0 Å². The Morgan fingerprint density at radius 3 is 2.24 bits per heavy atom. The highest BCUT2D eigenvalue weighted by atomic mass is 32.1. The maximum atomic E-state index is 13.5. The molecule has 0 aliphatic rings. The summed E-state index contributed by atoms with van der Waals surface area (Å²) >= 11 is 1.65. The first kappa shape index (κ1) is 25.6. The maximum Gasteiger partial charge on any atom is 0.242 e. The molecule has 0 radical (unpaired) electrons. The highest BCUT2D eigenvalue weighted by molar-refractivity contribution is 7.11. The lowest BCUT2D eigenvalue weighted by Crippen LogP contribution is -2.46. The molecule has 1 aromatic heterocycles. The third kappa shape index (κ3) is 7.52. The lowest BCUT2D eigenvalue weighted by Gasteiger charge is -2.31. The molecule has 3 aromatic rings. The predicted molar refractivity (Wildman–Crippen MR) is 136 cm³/mol. The van der Waals surface area contributed by atoms with Gasteiger partial charge in [-0.05, 0) is 62.1 Å². The number of benzene rings is 2. The molecule has 0 N–H and O–H groups in total. The van der Waals surface area contributed by atoms with Crippen molar-refractivity contribution in [3.63, 3.8) is 0 Å². The highest BCUT2D eigenvalue weighted by Crippen LogP contribution is 2.20. The highest BCUT2D eigenvalue weighted by Gasteiger charge is 2.25. The monoisotopic (exact) mass is 480 g/mol. The molecule has 0 aliphatic heterocycles. The van der Waals surface area contributed by atoms with Crippen molar-refractivity contribution in [2.75, 3.05) is 6.54 Å². The van der Waals surface area contributed by atoms with Gasteiger partial charge in [-0.3, -0.25) is 9.59 Å². The third-order valence-electron chi connectivity index (χ3n) is 6.00.